The van der Waals surface area contributed by atoms with E-state index in [2.05, 4.69) is 28.1 Å². The molecule has 5 nitrogen and oxygen atoms in total. The lowest BCUT2D eigenvalue weighted by Crippen LogP contribution is -2.44. The molecule has 1 saturated heterocycles. The zero-order valence-electron chi connectivity index (χ0n) is 16.2. The number of carbonyl (C=O) groups excluding carboxylic acids is 1. The van der Waals surface area contributed by atoms with Crippen molar-refractivity contribution >= 4 is 5.91 Å². The third-order valence-electron chi connectivity index (χ3n) is 5.07. The second kappa shape index (κ2) is 9.72. The average molecular weight is 374 g/mol. The van der Waals surface area contributed by atoms with Crippen LogP contribution in [0.2, 0.25) is 0 Å². The monoisotopic (exact) mass is 374 g/mol. The molecule has 0 aliphatic carbocycles. The van der Waals surface area contributed by atoms with E-state index >= 15 is 0 Å². The molecule has 1 fully saturated rings. The van der Waals surface area contributed by atoms with Crippen LogP contribution in [0.1, 0.15) is 24.1 Å². The maximum absolute atomic E-state index is 12.9. The molecule has 1 N–H and O–H groups in total. The Balaban J connectivity index is 1.77. The summed E-state index contributed by atoms with van der Waals surface area (Å²) < 4.78 is 0. The van der Waals surface area contributed by atoms with Crippen LogP contribution in [0.15, 0.2) is 72.4 Å². The van der Waals surface area contributed by atoms with Crippen LogP contribution in [0.25, 0.3) is 0 Å². The van der Waals surface area contributed by atoms with Crippen LogP contribution < -0.4 is 5.32 Å². The van der Waals surface area contributed by atoms with Crippen molar-refractivity contribution in [1.29, 1.82) is 5.26 Å². The van der Waals surface area contributed by atoms with Gasteiger partial charge >= 0.3 is 0 Å². The van der Waals surface area contributed by atoms with Crippen molar-refractivity contribution in [3.63, 3.8) is 0 Å². The highest BCUT2D eigenvalue weighted by molar-refractivity contribution is 5.97. The minimum absolute atomic E-state index is 0.141. The lowest BCUT2D eigenvalue weighted by molar-refractivity contribution is -0.117. The quantitative estimate of drug-likeness (QED) is 0.624. The minimum Gasteiger partial charge on any atom is -0.374 e. The standard InChI is InChI=1S/C23H26N4O/c1-2-26-13-15-27(16-14-26)18-21(17-24)23(28)25-22(19-9-5-3-6-10-19)20-11-7-4-8-12-20/h3-12,18,22H,2,13-16H2,1H3,(H,25,28)/b21-18-. The Morgan fingerprint density at radius 1 is 1.04 bits per heavy atom. The largest absolute Gasteiger partial charge is 0.374 e. The molecule has 5 heteroatoms. The predicted octanol–water partition coefficient (Wildman–Crippen LogP) is 2.94. The summed E-state index contributed by atoms with van der Waals surface area (Å²) >= 11 is 0. The highest BCUT2D eigenvalue weighted by Gasteiger charge is 2.21. The molecule has 1 aliphatic rings. The van der Waals surface area contributed by atoms with Gasteiger partial charge in [-0.1, -0.05) is 67.6 Å². The van der Waals surface area contributed by atoms with E-state index in [4.69, 9.17) is 0 Å². The van der Waals surface area contributed by atoms with Gasteiger partial charge in [0.25, 0.3) is 5.91 Å². The number of hydrogen-bond donors (Lipinski definition) is 1. The molecule has 0 spiro atoms. The average Bonchev–Trinajstić information content (AvgIpc) is 2.77. The summed E-state index contributed by atoms with van der Waals surface area (Å²) in [7, 11) is 0. The molecule has 28 heavy (non-hydrogen) atoms. The van der Waals surface area contributed by atoms with Gasteiger partial charge in [0, 0.05) is 32.4 Å². The number of likely N-dealkylation sites (N-methyl/N-ethyl adjacent to an activating group) is 1. The van der Waals surface area contributed by atoms with E-state index in [1.54, 1.807) is 6.20 Å². The zero-order chi connectivity index (χ0) is 19.8. The van der Waals surface area contributed by atoms with Gasteiger partial charge in [0.1, 0.15) is 11.6 Å². The zero-order valence-corrected chi connectivity index (χ0v) is 16.2. The van der Waals surface area contributed by atoms with Crippen molar-refractivity contribution in [2.45, 2.75) is 13.0 Å². The summed E-state index contributed by atoms with van der Waals surface area (Å²) in [6, 6.07) is 21.4. The Labute approximate surface area is 166 Å². The first-order valence-electron chi connectivity index (χ1n) is 9.70. The molecule has 0 bridgehead atoms. The SMILES string of the molecule is CCN1CCN(/C=C(/C#N)C(=O)NC(c2ccccc2)c2ccccc2)CC1. The fraction of sp³-hybridized carbons (Fsp3) is 0.304. The molecule has 0 unspecified atom stereocenters. The fourth-order valence-corrected chi connectivity index (χ4v) is 3.39. The molecule has 2 aromatic carbocycles. The van der Waals surface area contributed by atoms with Crippen LogP contribution in [-0.2, 0) is 4.79 Å². The molecule has 0 saturated carbocycles. The Morgan fingerprint density at radius 2 is 1.57 bits per heavy atom. The summed E-state index contributed by atoms with van der Waals surface area (Å²) in [5, 5.41) is 12.6. The highest BCUT2D eigenvalue weighted by Crippen LogP contribution is 2.22. The first kappa shape index (κ1) is 19.7. The Morgan fingerprint density at radius 3 is 2.04 bits per heavy atom. The van der Waals surface area contributed by atoms with E-state index < -0.39 is 0 Å². The van der Waals surface area contributed by atoms with Crippen LogP contribution in [0.4, 0.5) is 0 Å². The van der Waals surface area contributed by atoms with Gasteiger partial charge in [0.15, 0.2) is 0 Å². The van der Waals surface area contributed by atoms with Crippen LogP contribution in [0, 0.1) is 11.3 Å². The van der Waals surface area contributed by atoms with Crippen LogP contribution >= 0.6 is 0 Å². The molecule has 0 aromatic heterocycles. The van der Waals surface area contributed by atoms with Gasteiger partial charge in [-0.25, -0.2) is 0 Å². The van der Waals surface area contributed by atoms with E-state index in [9.17, 15) is 10.1 Å². The molecule has 1 aliphatic heterocycles. The molecule has 0 radical (unpaired) electrons. The summed E-state index contributed by atoms with van der Waals surface area (Å²) in [5.74, 6) is -0.349. The fourth-order valence-electron chi connectivity index (χ4n) is 3.39. The number of hydrogen-bond acceptors (Lipinski definition) is 4. The second-order valence-electron chi connectivity index (χ2n) is 6.85. The molecule has 0 atom stereocenters. The number of amides is 1. The van der Waals surface area contributed by atoms with Crippen molar-refractivity contribution in [3.05, 3.63) is 83.6 Å². The van der Waals surface area contributed by atoms with Crippen molar-refractivity contribution in [3.8, 4) is 6.07 Å². The van der Waals surface area contributed by atoms with Crippen molar-refractivity contribution < 1.29 is 4.79 Å². The first-order chi connectivity index (χ1) is 13.7. The van der Waals surface area contributed by atoms with Crippen molar-refractivity contribution in [1.82, 2.24) is 15.1 Å². The van der Waals surface area contributed by atoms with E-state index in [1.807, 2.05) is 60.7 Å². The first-order valence-corrected chi connectivity index (χ1v) is 9.70. The van der Waals surface area contributed by atoms with Gasteiger partial charge in [-0.15, -0.1) is 0 Å². The van der Waals surface area contributed by atoms with Gasteiger partial charge in [0.05, 0.1) is 6.04 Å². The number of carbonyl (C=O) groups is 1. The third kappa shape index (κ3) is 4.99. The number of benzene rings is 2. The van der Waals surface area contributed by atoms with Gasteiger partial charge < -0.3 is 15.1 Å². The van der Waals surface area contributed by atoms with Crippen molar-refractivity contribution in [2.75, 3.05) is 32.7 Å². The van der Waals surface area contributed by atoms with Gasteiger partial charge in [0.2, 0.25) is 0 Å². The molecular weight excluding hydrogens is 348 g/mol. The Hall–Kier alpha value is -3.10. The van der Waals surface area contributed by atoms with Crippen LogP contribution in [0.3, 0.4) is 0 Å². The summed E-state index contributed by atoms with van der Waals surface area (Å²) in [6.07, 6.45) is 1.70. The number of nitriles is 1. The second-order valence-corrected chi connectivity index (χ2v) is 6.85. The Bertz CT molecular complexity index is 794. The Kier molecular flexibility index (Phi) is 6.83. The molecule has 144 valence electrons. The number of nitrogens with zero attached hydrogens (tertiary/aromatic N) is 3. The third-order valence-corrected chi connectivity index (χ3v) is 5.07. The van der Waals surface area contributed by atoms with E-state index in [0.29, 0.717) is 0 Å². The lowest BCUT2D eigenvalue weighted by Gasteiger charge is -2.33. The van der Waals surface area contributed by atoms with Gasteiger partial charge in [-0.2, -0.15) is 5.26 Å². The van der Waals surface area contributed by atoms with E-state index in [0.717, 1.165) is 43.9 Å². The smallest absolute Gasteiger partial charge is 0.264 e. The topological polar surface area (TPSA) is 59.4 Å². The number of piperazine rings is 1. The molecule has 3 rings (SSSR count). The van der Waals surface area contributed by atoms with E-state index in [1.165, 1.54) is 0 Å². The molecular formula is C23H26N4O. The maximum Gasteiger partial charge on any atom is 0.264 e. The van der Waals surface area contributed by atoms with E-state index in [-0.39, 0.29) is 17.5 Å². The van der Waals surface area contributed by atoms with Crippen LogP contribution in [-0.4, -0.2) is 48.4 Å². The summed E-state index contributed by atoms with van der Waals surface area (Å²) in [5.41, 5.74) is 2.11. The lowest BCUT2D eigenvalue weighted by atomic mass is 9.98. The normalized spacial score (nSPS) is 15.3. The number of rotatable bonds is 6. The maximum atomic E-state index is 12.9. The van der Waals surface area contributed by atoms with Crippen molar-refractivity contribution in [2.24, 2.45) is 0 Å². The summed E-state index contributed by atoms with van der Waals surface area (Å²) in [6.45, 7) is 6.72. The molecule has 2 aromatic rings. The van der Waals surface area contributed by atoms with Gasteiger partial charge in [-0.05, 0) is 17.7 Å². The molecule has 1 heterocycles. The molecule has 1 amide bonds. The van der Waals surface area contributed by atoms with Crippen LogP contribution in [0.5, 0.6) is 0 Å². The predicted molar refractivity (Wildman–Crippen MR) is 110 cm³/mol. The summed E-state index contributed by atoms with van der Waals surface area (Å²) in [4.78, 5) is 17.3. The number of nitrogens with one attached hydrogen (secondary N) is 1. The minimum atomic E-state index is -0.349. The highest BCUT2D eigenvalue weighted by atomic mass is 16.1. The van der Waals surface area contributed by atoms with Gasteiger partial charge in [-0.3, -0.25) is 4.79 Å².